The molecule has 0 spiro atoms. The van der Waals surface area contributed by atoms with E-state index in [0.717, 1.165) is 19.3 Å². The molecule has 1 atom stereocenters. The van der Waals surface area contributed by atoms with E-state index in [1.165, 1.54) is 11.3 Å². The highest BCUT2D eigenvalue weighted by Crippen LogP contribution is 2.18. The van der Waals surface area contributed by atoms with Crippen molar-refractivity contribution in [1.29, 1.82) is 5.26 Å². The molecule has 1 saturated heterocycles. The van der Waals surface area contributed by atoms with Crippen LogP contribution in [-0.4, -0.2) is 28.4 Å². The fraction of sp³-hybridized carbons (Fsp3) is 0.500. The minimum absolute atomic E-state index is 0.109. The van der Waals surface area contributed by atoms with Crippen LogP contribution < -0.4 is 0 Å². The third kappa shape index (κ3) is 2.00. The van der Waals surface area contributed by atoms with Crippen LogP contribution in [0.4, 0.5) is 0 Å². The summed E-state index contributed by atoms with van der Waals surface area (Å²) in [6.07, 6.45) is 2.79. The average molecular weight is 221 g/mol. The molecular formula is C10H11N3OS. The molecule has 0 bridgehead atoms. The number of hydrogen-bond donors (Lipinski definition) is 0. The molecule has 4 nitrogen and oxygen atoms in total. The number of thiazole rings is 1. The molecule has 5 heteroatoms. The average Bonchev–Trinajstić information content (AvgIpc) is 2.81. The van der Waals surface area contributed by atoms with Gasteiger partial charge >= 0.3 is 0 Å². The van der Waals surface area contributed by atoms with Gasteiger partial charge in [0.05, 0.1) is 11.6 Å². The second kappa shape index (κ2) is 4.41. The number of amides is 1. The van der Waals surface area contributed by atoms with Crippen molar-refractivity contribution in [2.75, 3.05) is 6.54 Å². The lowest BCUT2D eigenvalue weighted by molar-refractivity contribution is 0.0665. The number of piperidine rings is 1. The summed E-state index contributed by atoms with van der Waals surface area (Å²) in [5.41, 5.74) is 2.10. The van der Waals surface area contributed by atoms with Crippen LogP contribution in [0.2, 0.25) is 0 Å². The monoisotopic (exact) mass is 221 g/mol. The summed E-state index contributed by atoms with van der Waals surface area (Å²) in [5.74, 6) is -0.109. The maximum atomic E-state index is 11.9. The van der Waals surface area contributed by atoms with Crippen LogP contribution in [0.5, 0.6) is 0 Å². The number of likely N-dealkylation sites (tertiary alicyclic amines) is 1. The third-order valence-electron chi connectivity index (χ3n) is 2.56. The van der Waals surface area contributed by atoms with E-state index in [9.17, 15) is 4.79 Å². The second-order valence-corrected chi connectivity index (χ2v) is 4.23. The van der Waals surface area contributed by atoms with Gasteiger partial charge in [0.1, 0.15) is 11.7 Å². The van der Waals surface area contributed by atoms with Gasteiger partial charge in [-0.15, -0.1) is 11.3 Å². The van der Waals surface area contributed by atoms with Crippen LogP contribution in [0, 0.1) is 11.3 Å². The first-order valence-corrected chi connectivity index (χ1v) is 5.86. The Balaban J connectivity index is 2.15. The number of carbonyl (C=O) groups excluding carboxylic acids is 1. The first kappa shape index (κ1) is 10.1. The fourth-order valence-corrected chi connectivity index (χ4v) is 2.30. The first-order chi connectivity index (χ1) is 7.33. The Morgan fingerprint density at radius 2 is 2.53 bits per heavy atom. The predicted molar refractivity (Wildman–Crippen MR) is 56.4 cm³/mol. The Kier molecular flexibility index (Phi) is 2.97. The maximum Gasteiger partial charge on any atom is 0.274 e. The number of hydrogen-bond acceptors (Lipinski definition) is 4. The number of nitrogens with zero attached hydrogens (tertiary/aromatic N) is 3. The van der Waals surface area contributed by atoms with Crippen molar-refractivity contribution < 1.29 is 4.79 Å². The van der Waals surface area contributed by atoms with E-state index in [-0.39, 0.29) is 11.9 Å². The van der Waals surface area contributed by atoms with Crippen molar-refractivity contribution >= 4 is 17.2 Å². The zero-order chi connectivity index (χ0) is 10.7. The molecule has 0 N–H and O–H groups in total. The standard InChI is InChI=1S/C10H11N3OS/c11-5-8-3-1-2-4-13(8)10(14)9-6-15-7-12-9/h6-8H,1-4H2. The zero-order valence-corrected chi connectivity index (χ0v) is 9.04. The highest BCUT2D eigenvalue weighted by Gasteiger charge is 2.27. The normalized spacial score (nSPS) is 21.0. The molecule has 2 rings (SSSR count). The van der Waals surface area contributed by atoms with E-state index in [0.29, 0.717) is 12.2 Å². The fourth-order valence-electron chi connectivity index (χ4n) is 1.77. The van der Waals surface area contributed by atoms with Gasteiger partial charge in [0.25, 0.3) is 5.91 Å². The van der Waals surface area contributed by atoms with E-state index in [1.807, 2.05) is 0 Å². The van der Waals surface area contributed by atoms with Crippen molar-refractivity contribution in [3.05, 3.63) is 16.6 Å². The molecule has 1 aliphatic heterocycles. The number of rotatable bonds is 1. The topological polar surface area (TPSA) is 57.0 Å². The molecule has 78 valence electrons. The van der Waals surface area contributed by atoms with Gasteiger partial charge in [0.15, 0.2) is 0 Å². The van der Waals surface area contributed by atoms with Crippen molar-refractivity contribution in [3.63, 3.8) is 0 Å². The molecule has 1 unspecified atom stereocenters. The second-order valence-electron chi connectivity index (χ2n) is 3.51. The van der Waals surface area contributed by atoms with Crippen molar-refractivity contribution in [1.82, 2.24) is 9.88 Å². The van der Waals surface area contributed by atoms with Crippen LogP contribution in [0.3, 0.4) is 0 Å². The smallest absolute Gasteiger partial charge is 0.274 e. The SMILES string of the molecule is N#CC1CCCCN1C(=O)c1cscn1. The molecule has 1 aliphatic rings. The van der Waals surface area contributed by atoms with Crippen LogP contribution in [0.15, 0.2) is 10.9 Å². The van der Waals surface area contributed by atoms with E-state index in [1.54, 1.807) is 15.8 Å². The lowest BCUT2D eigenvalue weighted by atomic mass is 10.0. The quantitative estimate of drug-likeness (QED) is 0.724. The Labute approximate surface area is 92.2 Å². The molecule has 2 heterocycles. The van der Waals surface area contributed by atoms with Gasteiger partial charge in [0.2, 0.25) is 0 Å². The molecule has 0 radical (unpaired) electrons. The Morgan fingerprint density at radius 1 is 1.67 bits per heavy atom. The molecule has 1 aromatic rings. The number of aromatic nitrogens is 1. The van der Waals surface area contributed by atoms with Crippen molar-refractivity contribution in [3.8, 4) is 6.07 Å². The molecule has 0 saturated carbocycles. The predicted octanol–water partition coefficient (Wildman–Crippen LogP) is 1.66. The molecule has 0 aromatic carbocycles. The molecular weight excluding hydrogens is 210 g/mol. The van der Waals surface area contributed by atoms with Gasteiger partial charge in [-0.3, -0.25) is 4.79 Å². The molecule has 15 heavy (non-hydrogen) atoms. The van der Waals surface area contributed by atoms with Crippen LogP contribution in [0.1, 0.15) is 29.8 Å². The largest absolute Gasteiger partial charge is 0.321 e. The van der Waals surface area contributed by atoms with Gasteiger partial charge in [-0.05, 0) is 19.3 Å². The van der Waals surface area contributed by atoms with E-state index in [2.05, 4.69) is 11.1 Å². The van der Waals surface area contributed by atoms with Crippen molar-refractivity contribution in [2.24, 2.45) is 0 Å². The summed E-state index contributed by atoms with van der Waals surface area (Å²) in [6.45, 7) is 0.675. The van der Waals surface area contributed by atoms with E-state index in [4.69, 9.17) is 5.26 Å². The molecule has 1 aromatic heterocycles. The van der Waals surface area contributed by atoms with Crippen LogP contribution >= 0.6 is 11.3 Å². The van der Waals surface area contributed by atoms with Crippen LogP contribution in [0.25, 0.3) is 0 Å². The van der Waals surface area contributed by atoms with E-state index < -0.39 is 0 Å². The summed E-state index contributed by atoms with van der Waals surface area (Å²) in [7, 11) is 0. The molecule has 0 aliphatic carbocycles. The highest BCUT2D eigenvalue weighted by atomic mass is 32.1. The summed E-state index contributed by atoms with van der Waals surface area (Å²) >= 11 is 1.40. The van der Waals surface area contributed by atoms with Gasteiger partial charge in [-0.25, -0.2) is 4.98 Å². The summed E-state index contributed by atoms with van der Waals surface area (Å²) in [4.78, 5) is 17.6. The first-order valence-electron chi connectivity index (χ1n) is 4.91. The summed E-state index contributed by atoms with van der Waals surface area (Å²) in [5, 5.41) is 10.7. The lowest BCUT2D eigenvalue weighted by Gasteiger charge is -2.30. The Morgan fingerprint density at radius 3 is 3.20 bits per heavy atom. The van der Waals surface area contributed by atoms with Gasteiger partial charge in [0, 0.05) is 11.9 Å². The lowest BCUT2D eigenvalue weighted by Crippen LogP contribution is -2.43. The zero-order valence-electron chi connectivity index (χ0n) is 8.22. The Hall–Kier alpha value is -1.41. The molecule has 1 fully saturated rings. The molecule has 1 amide bonds. The van der Waals surface area contributed by atoms with Gasteiger partial charge in [-0.2, -0.15) is 5.26 Å². The Bertz CT molecular complexity index is 382. The number of carbonyl (C=O) groups is 1. The van der Waals surface area contributed by atoms with Gasteiger partial charge in [-0.1, -0.05) is 0 Å². The van der Waals surface area contributed by atoms with E-state index >= 15 is 0 Å². The number of nitriles is 1. The minimum atomic E-state index is -0.270. The van der Waals surface area contributed by atoms with Gasteiger partial charge < -0.3 is 4.90 Å². The minimum Gasteiger partial charge on any atom is -0.321 e. The summed E-state index contributed by atoms with van der Waals surface area (Å²) in [6, 6.07) is 1.91. The van der Waals surface area contributed by atoms with Crippen molar-refractivity contribution in [2.45, 2.75) is 25.3 Å². The third-order valence-corrected chi connectivity index (χ3v) is 3.15. The van der Waals surface area contributed by atoms with Crippen LogP contribution in [-0.2, 0) is 0 Å². The maximum absolute atomic E-state index is 11.9. The highest BCUT2D eigenvalue weighted by molar-refractivity contribution is 7.07. The summed E-state index contributed by atoms with van der Waals surface area (Å²) < 4.78 is 0.